The minimum Gasteiger partial charge on any atom is -0.464 e. The van der Waals surface area contributed by atoms with Crippen LogP contribution in [0, 0.1) is 6.92 Å². The monoisotopic (exact) mass is 282 g/mol. The Labute approximate surface area is 121 Å². The minimum atomic E-state index is -0.270. The maximum atomic E-state index is 12.1. The van der Waals surface area contributed by atoms with E-state index in [1.165, 1.54) is 0 Å². The van der Waals surface area contributed by atoms with Crippen molar-refractivity contribution < 1.29 is 9.21 Å². The van der Waals surface area contributed by atoms with E-state index < -0.39 is 0 Å². The van der Waals surface area contributed by atoms with Gasteiger partial charge < -0.3 is 9.73 Å². The maximum absolute atomic E-state index is 12.1. The molecule has 0 aromatic carbocycles. The predicted molar refractivity (Wildman–Crippen MR) is 77.0 cm³/mol. The molecule has 3 aromatic rings. The van der Waals surface area contributed by atoms with Crippen LogP contribution in [0.4, 0.5) is 5.82 Å². The van der Waals surface area contributed by atoms with Gasteiger partial charge in [-0.2, -0.15) is 5.10 Å². The first-order chi connectivity index (χ1) is 10.2. The SMILES string of the molecule is Cc1ccc(Cn2nccc2NC(=O)c2ccccn2)o1. The van der Waals surface area contributed by atoms with Crippen LogP contribution in [-0.2, 0) is 6.54 Å². The molecule has 0 atom stereocenters. The van der Waals surface area contributed by atoms with Crippen molar-refractivity contribution in [2.45, 2.75) is 13.5 Å². The van der Waals surface area contributed by atoms with E-state index in [1.807, 2.05) is 19.1 Å². The normalized spacial score (nSPS) is 10.5. The Hall–Kier alpha value is -2.89. The average Bonchev–Trinajstić information content (AvgIpc) is 3.10. The molecule has 106 valence electrons. The van der Waals surface area contributed by atoms with Crippen LogP contribution < -0.4 is 5.32 Å². The van der Waals surface area contributed by atoms with Crippen molar-refractivity contribution in [2.24, 2.45) is 0 Å². The van der Waals surface area contributed by atoms with E-state index in [2.05, 4.69) is 15.4 Å². The van der Waals surface area contributed by atoms with E-state index in [4.69, 9.17) is 4.42 Å². The Morgan fingerprint density at radius 1 is 1.24 bits per heavy atom. The lowest BCUT2D eigenvalue weighted by Gasteiger charge is -2.07. The molecule has 3 aromatic heterocycles. The molecule has 0 aliphatic rings. The third-order valence-corrected chi connectivity index (χ3v) is 2.96. The van der Waals surface area contributed by atoms with Crippen LogP contribution in [0.15, 0.2) is 53.2 Å². The topological polar surface area (TPSA) is 73.0 Å². The second-order valence-corrected chi connectivity index (χ2v) is 4.56. The first kappa shape index (κ1) is 13.1. The highest BCUT2D eigenvalue weighted by molar-refractivity contribution is 6.02. The fraction of sp³-hybridized carbons (Fsp3) is 0.133. The molecular formula is C15H14N4O2. The molecule has 0 radical (unpaired) electrons. The van der Waals surface area contributed by atoms with E-state index in [0.29, 0.717) is 18.1 Å². The van der Waals surface area contributed by atoms with E-state index in [1.54, 1.807) is 41.3 Å². The molecule has 0 fully saturated rings. The number of nitrogens with zero attached hydrogens (tertiary/aromatic N) is 3. The van der Waals surface area contributed by atoms with Crippen molar-refractivity contribution in [3.05, 3.63) is 66.0 Å². The lowest BCUT2D eigenvalue weighted by molar-refractivity contribution is 0.102. The van der Waals surface area contributed by atoms with Crippen molar-refractivity contribution >= 4 is 11.7 Å². The quantitative estimate of drug-likeness (QED) is 0.798. The van der Waals surface area contributed by atoms with Crippen LogP contribution in [0.1, 0.15) is 22.0 Å². The number of hydrogen-bond donors (Lipinski definition) is 1. The van der Waals surface area contributed by atoms with Gasteiger partial charge in [-0.3, -0.25) is 9.78 Å². The number of hydrogen-bond acceptors (Lipinski definition) is 4. The van der Waals surface area contributed by atoms with Crippen LogP contribution >= 0.6 is 0 Å². The number of aryl methyl sites for hydroxylation is 1. The Balaban J connectivity index is 1.75. The van der Waals surface area contributed by atoms with Crippen LogP contribution in [0.25, 0.3) is 0 Å². The Morgan fingerprint density at radius 2 is 2.14 bits per heavy atom. The molecule has 0 bridgehead atoms. The third kappa shape index (κ3) is 3.00. The zero-order valence-electron chi connectivity index (χ0n) is 11.5. The molecule has 0 spiro atoms. The summed E-state index contributed by atoms with van der Waals surface area (Å²) in [6, 6.07) is 10.7. The summed E-state index contributed by atoms with van der Waals surface area (Å²) in [7, 11) is 0. The summed E-state index contributed by atoms with van der Waals surface area (Å²) in [5, 5.41) is 6.98. The van der Waals surface area contributed by atoms with E-state index in [0.717, 1.165) is 11.5 Å². The van der Waals surface area contributed by atoms with Crippen LogP contribution in [-0.4, -0.2) is 20.7 Å². The predicted octanol–water partition coefficient (Wildman–Crippen LogP) is 2.48. The molecule has 0 aliphatic heterocycles. The van der Waals surface area contributed by atoms with Crippen molar-refractivity contribution in [3.63, 3.8) is 0 Å². The van der Waals surface area contributed by atoms with Gasteiger partial charge in [0, 0.05) is 12.3 Å². The number of anilines is 1. The van der Waals surface area contributed by atoms with Gasteiger partial charge >= 0.3 is 0 Å². The van der Waals surface area contributed by atoms with Crippen LogP contribution in [0.5, 0.6) is 0 Å². The summed E-state index contributed by atoms with van der Waals surface area (Å²) < 4.78 is 7.18. The zero-order valence-corrected chi connectivity index (χ0v) is 11.5. The second kappa shape index (κ2) is 5.62. The lowest BCUT2D eigenvalue weighted by Crippen LogP contribution is -2.17. The number of carbonyl (C=O) groups excluding carboxylic acids is 1. The average molecular weight is 282 g/mol. The molecule has 3 rings (SSSR count). The smallest absolute Gasteiger partial charge is 0.275 e. The summed E-state index contributed by atoms with van der Waals surface area (Å²) in [5.41, 5.74) is 0.360. The first-order valence-corrected chi connectivity index (χ1v) is 6.52. The van der Waals surface area contributed by atoms with Crippen molar-refractivity contribution in [3.8, 4) is 0 Å². The molecule has 0 unspecified atom stereocenters. The Bertz CT molecular complexity index is 746. The molecule has 6 nitrogen and oxygen atoms in total. The molecule has 1 N–H and O–H groups in total. The van der Waals surface area contributed by atoms with Gasteiger partial charge in [-0.1, -0.05) is 6.07 Å². The van der Waals surface area contributed by atoms with Gasteiger partial charge in [0.15, 0.2) is 0 Å². The van der Waals surface area contributed by atoms with Gasteiger partial charge in [0.2, 0.25) is 0 Å². The molecule has 3 heterocycles. The molecule has 21 heavy (non-hydrogen) atoms. The number of rotatable bonds is 4. The van der Waals surface area contributed by atoms with Gasteiger partial charge in [-0.05, 0) is 31.2 Å². The number of carbonyl (C=O) groups is 1. The molecule has 0 saturated carbocycles. The van der Waals surface area contributed by atoms with Gasteiger partial charge in [0.1, 0.15) is 29.6 Å². The molecule has 0 saturated heterocycles. The Kier molecular flexibility index (Phi) is 3.51. The summed E-state index contributed by atoms with van der Waals surface area (Å²) in [5.74, 6) is 1.95. The highest BCUT2D eigenvalue weighted by Crippen LogP contribution is 2.13. The van der Waals surface area contributed by atoms with E-state index in [-0.39, 0.29) is 5.91 Å². The lowest BCUT2D eigenvalue weighted by atomic mass is 10.3. The number of pyridine rings is 1. The van der Waals surface area contributed by atoms with E-state index >= 15 is 0 Å². The highest BCUT2D eigenvalue weighted by atomic mass is 16.3. The largest absolute Gasteiger partial charge is 0.464 e. The highest BCUT2D eigenvalue weighted by Gasteiger charge is 2.11. The number of amides is 1. The van der Waals surface area contributed by atoms with Gasteiger partial charge in [-0.15, -0.1) is 0 Å². The third-order valence-electron chi connectivity index (χ3n) is 2.96. The molecular weight excluding hydrogens is 268 g/mol. The van der Waals surface area contributed by atoms with Gasteiger partial charge in [0.25, 0.3) is 5.91 Å². The summed E-state index contributed by atoms with van der Waals surface area (Å²) in [6.07, 6.45) is 3.21. The fourth-order valence-electron chi connectivity index (χ4n) is 1.96. The van der Waals surface area contributed by atoms with Crippen LogP contribution in [0.2, 0.25) is 0 Å². The fourth-order valence-corrected chi connectivity index (χ4v) is 1.96. The molecule has 1 amide bonds. The first-order valence-electron chi connectivity index (χ1n) is 6.52. The van der Waals surface area contributed by atoms with Crippen molar-refractivity contribution in [2.75, 3.05) is 5.32 Å². The van der Waals surface area contributed by atoms with Gasteiger partial charge in [-0.25, -0.2) is 4.68 Å². The van der Waals surface area contributed by atoms with E-state index in [9.17, 15) is 4.79 Å². The van der Waals surface area contributed by atoms with Crippen molar-refractivity contribution in [1.29, 1.82) is 0 Å². The summed E-state index contributed by atoms with van der Waals surface area (Å²) in [4.78, 5) is 16.1. The number of furan rings is 1. The standard InChI is InChI=1S/C15H14N4O2/c1-11-5-6-12(21-11)10-19-14(7-9-17-19)18-15(20)13-4-2-3-8-16-13/h2-9H,10H2,1H3,(H,18,20). The summed E-state index contributed by atoms with van der Waals surface area (Å²) in [6.45, 7) is 2.34. The zero-order chi connectivity index (χ0) is 14.7. The van der Waals surface area contributed by atoms with Crippen molar-refractivity contribution in [1.82, 2.24) is 14.8 Å². The number of aromatic nitrogens is 3. The second-order valence-electron chi connectivity index (χ2n) is 4.56. The van der Waals surface area contributed by atoms with Crippen LogP contribution in [0.3, 0.4) is 0 Å². The summed E-state index contributed by atoms with van der Waals surface area (Å²) >= 11 is 0. The Morgan fingerprint density at radius 3 is 2.86 bits per heavy atom. The molecule has 6 heteroatoms. The van der Waals surface area contributed by atoms with Gasteiger partial charge in [0.05, 0.1) is 6.20 Å². The molecule has 0 aliphatic carbocycles. The number of nitrogens with one attached hydrogen (secondary N) is 1. The maximum Gasteiger partial charge on any atom is 0.275 e. The minimum absolute atomic E-state index is 0.270.